The number of hydrogen-bond acceptors (Lipinski definition) is 6. The normalized spacial score (nSPS) is 10.7. The highest BCUT2D eigenvalue weighted by molar-refractivity contribution is 5.87. The maximum atomic E-state index is 11.8. The van der Waals surface area contributed by atoms with E-state index in [1.807, 2.05) is 20.9 Å². The van der Waals surface area contributed by atoms with E-state index in [0.717, 1.165) is 5.82 Å². The topological polar surface area (TPSA) is 84.1 Å². The standard InChI is InChI=1S/C13H19N5O3/c1-5-18-10(13(19)20-6-2)7-12(16-18)21-8-11-14-9(3)17(4)15-11/h7H,5-6,8H2,1-4H3. The van der Waals surface area contributed by atoms with Crippen molar-refractivity contribution in [1.29, 1.82) is 0 Å². The van der Waals surface area contributed by atoms with Crippen molar-refractivity contribution in [2.45, 2.75) is 33.9 Å². The predicted molar refractivity (Wildman–Crippen MR) is 73.9 cm³/mol. The van der Waals surface area contributed by atoms with Crippen molar-refractivity contribution in [2.24, 2.45) is 7.05 Å². The lowest BCUT2D eigenvalue weighted by molar-refractivity contribution is 0.0512. The van der Waals surface area contributed by atoms with Gasteiger partial charge >= 0.3 is 5.97 Å². The summed E-state index contributed by atoms with van der Waals surface area (Å²) in [6, 6.07) is 1.57. The van der Waals surface area contributed by atoms with Crippen molar-refractivity contribution in [2.75, 3.05) is 6.61 Å². The van der Waals surface area contributed by atoms with E-state index in [9.17, 15) is 4.79 Å². The quantitative estimate of drug-likeness (QED) is 0.741. The number of hydrogen-bond donors (Lipinski definition) is 0. The summed E-state index contributed by atoms with van der Waals surface area (Å²) in [5, 5.41) is 8.40. The molecule has 21 heavy (non-hydrogen) atoms. The van der Waals surface area contributed by atoms with Gasteiger partial charge in [-0.3, -0.25) is 9.36 Å². The average Bonchev–Trinajstić information content (AvgIpc) is 3.01. The molecule has 0 saturated heterocycles. The van der Waals surface area contributed by atoms with Crippen molar-refractivity contribution < 1.29 is 14.3 Å². The van der Waals surface area contributed by atoms with Crippen molar-refractivity contribution in [3.63, 3.8) is 0 Å². The van der Waals surface area contributed by atoms with Crippen LogP contribution in [-0.4, -0.2) is 37.1 Å². The van der Waals surface area contributed by atoms with Gasteiger partial charge in [0.05, 0.1) is 6.61 Å². The van der Waals surface area contributed by atoms with Gasteiger partial charge in [0.1, 0.15) is 11.5 Å². The predicted octanol–water partition coefficient (Wildman–Crippen LogP) is 1.10. The maximum absolute atomic E-state index is 11.8. The third kappa shape index (κ3) is 3.39. The van der Waals surface area contributed by atoms with Crippen molar-refractivity contribution in [3.05, 3.63) is 23.4 Å². The zero-order valence-corrected chi connectivity index (χ0v) is 12.7. The SMILES string of the molecule is CCOC(=O)c1cc(OCc2nc(C)n(C)n2)nn1CC. The zero-order chi connectivity index (χ0) is 15.4. The van der Waals surface area contributed by atoms with Crippen LogP contribution in [0.5, 0.6) is 5.88 Å². The summed E-state index contributed by atoms with van der Waals surface area (Å²) >= 11 is 0. The second-order valence-corrected chi connectivity index (χ2v) is 4.39. The minimum atomic E-state index is -0.409. The first-order valence-corrected chi connectivity index (χ1v) is 6.79. The average molecular weight is 293 g/mol. The summed E-state index contributed by atoms with van der Waals surface area (Å²) < 4.78 is 13.7. The lowest BCUT2D eigenvalue weighted by Crippen LogP contribution is -2.12. The Morgan fingerprint density at radius 1 is 1.33 bits per heavy atom. The van der Waals surface area contributed by atoms with Gasteiger partial charge in [-0.05, 0) is 20.8 Å². The first-order valence-electron chi connectivity index (χ1n) is 6.79. The van der Waals surface area contributed by atoms with E-state index in [1.165, 1.54) is 0 Å². The first kappa shape index (κ1) is 15.0. The molecule has 114 valence electrons. The van der Waals surface area contributed by atoms with Gasteiger partial charge in [-0.1, -0.05) is 0 Å². The highest BCUT2D eigenvalue weighted by Crippen LogP contribution is 2.14. The Morgan fingerprint density at radius 3 is 2.67 bits per heavy atom. The molecule has 8 heteroatoms. The second kappa shape index (κ2) is 6.38. The minimum Gasteiger partial charge on any atom is -0.468 e. The van der Waals surface area contributed by atoms with E-state index < -0.39 is 5.97 Å². The van der Waals surface area contributed by atoms with Gasteiger partial charge in [0.2, 0.25) is 5.88 Å². The minimum absolute atomic E-state index is 0.199. The molecular formula is C13H19N5O3. The van der Waals surface area contributed by atoms with Crippen LogP contribution in [0.25, 0.3) is 0 Å². The lowest BCUT2D eigenvalue weighted by atomic mass is 10.4. The Kier molecular flexibility index (Phi) is 4.56. The smallest absolute Gasteiger partial charge is 0.356 e. The molecular weight excluding hydrogens is 274 g/mol. The largest absolute Gasteiger partial charge is 0.468 e. The number of rotatable bonds is 6. The van der Waals surface area contributed by atoms with Crippen molar-refractivity contribution >= 4 is 5.97 Å². The summed E-state index contributed by atoms with van der Waals surface area (Å²) in [7, 11) is 1.82. The van der Waals surface area contributed by atoms with E-state index in [-0.39, 0.29) is 6.61 Å². The molecule has 0 spiro atoms. The monoisotopic (exact) mass is 293 g/mol. The van der Waals surface area contributed by atoms with Crippen molar-refractivity contribution in [1.82, 2.24) is 24.5 Å². The van der Waals surface area contributed by atoms with Crippen LogP contribution in [-0.2, 0) is 24.9 Å². The van der Waals surface area contributed by atoms with Gasteiger partial charge in [-0.2, -0.15) is 5.10 Å². The van der Waals surface area contributed by atoms with E-state index >= 15 is 0 Å². The van der Waals surface area contributed by atoms with E-state index in [4.69, 9.17) is 9.47 Å². The van der Waals surface area contributed by atoms with Gasteiger partial charge in [-0.15, -0.1) is 5.10 Å². The summed E-state index contributed by atoms with van der Waals surface area (Å²) in [5.74, 6) is 1.32. The summed E-state index contributed by atoms with van der Waals surface area (Å²) in [5.41, 5.74) is 0.375. The van der Waals surface area contributed by atoms with E-state index in [1.54, 1.807) is 22.4 Å². The molecule has 2 heterocycles. The highest BCUT2D eigenvalue weighted by Gasteiger charge is 2.16. The molecule has 0 fully saturated rings. The molecule has 0 unspecified atom stereocenters. The lowest BCUT2D eigenvalue weighted by Gasteiger charge is -2.02. The van der Waals surface area contributed by atoms with Crippen LogP contribution < -0.4 is 4.74 Å². The van der Waals surface area contributed by atoms with Gasteiger partial charge < -0.3 is 9.47 Å². The summed E-state index contributed by atoms with van der Waals surface area (Å²) in [6.45, 7) is 6.59. The molecule has 0 aliphatic carbocycles. The molecule has 0 amide bonds. The van der Waals surface area contributed by atoms with Crippen LogP contribution in [0, 0.1) is 6.92 Å². The highest BCUT2D eigenvalue weighted by atomic mass is 16.5. The molecule has 0 atom stereocenters. The molecule has 2 rings (SSSR count). The number of aryl methyl sites for hydroxylation is 3. The van der Waals surface area contributed by atoms with E-state index in [2.05, 4.69) is 15.2 Å². The molecule has 2 aromatic rings. The van der Waals surface area contributed by atoms with Crippen LogP contribution in [0.15, 0.2) is 6.07 Å². The Morgan fingerprint density at radius 2 is 2.10 bits per heavy atom. The molecule has 0 saturated carbocycles. The Balaban J connectivity index is 2.08. The number of aromatic nitrogens is 5. The van der Waals surface area contributed by atoms with E-state index in [0.29, 0.717) is 30.5 Å². The van der Waals surface area contributed by atoms with Crippen LogP contribution in [0.2, 0.25) is 0 Å². The maximum Gasteiger partial charge on any atom is 0.356 e. The Labute approximate surface area is 122 Å². The van der Waals surface area contributed by atoms with Gasteiger partial charge in [0.25, 0.3) is 0 Å². The fraction of sp³-hybridized carbons (Fsp3) is 0.538. The molecule has 0 aromatic carbocycles. The summed E-state index contributed by atoms with van der Waals surface area (Å²) in [6.07, 6.45) is 0. The molecule has 8 nitrogen and oxygen atoms in total. The molecule has 0 aliphatic heterocycles. The van der Waals surface area contributed by atoms with Gasteiger partial charge in [0.15, 0.2) is 12.4 Å². The second-order valence-electron chi connectivity index (χ2n) is 4.39. The molecule has 0 radical (unpaired) electrons. The number of carbonyl (C=O) groups is 1. The van der Waals surface area contributed by atoms with Crippen LogP contribution >= 0.6 is 0 Å². The first-order chi connectivity index (χ1) is 10.0. The Hall–Kier alpha value is -2.38. The fourth-order valence-electron chi connectivity index (χ4n) is 1.80. The van der Waals surface area contributed by atoms with Crippen LogP contribution in [0.1, 0.15) is 36.0 Å². The Bertz CT molecular complexity index is 612. The third-order valence-electron chi connectivity index (χ3n) is 2.92. The molecule has 0 bridgehead atoms. The zero-order valence-electron chi connectivity index (χ0n) is 12.7. The third-order valence-corrected chi connectivity index (χ3v) is 2.92. The fourth-order valence-corrected chi connectivity index (χ4v) is 1.80. The number of esters is 1. The van der Waals surface area contributed by atoms with Gasteiger partial charge in [-0.25, -0.2) is 9.78 Å². The van der Waals surface area contributed by atoms with Crippen LogP contribution in [0.3, 0.4) is 0 Å². The van der Waals surface area contributed by atoms with Gasteiger partial charge in [0, 0.05) is 19.7 Å². The molecule has 0 N–H and O–H groups in total. The number of nitrogens with zero attached hydrogens (tertiary/aromatic N) is 5. The number of ether oxygens (including phenoxy) is 2. The summed E-state index contributed by atoms with van der Waals surface area (Å²) in [4.78, 5) is 16.0. The number of carbonyl (C=O) groups excluding carboxylic acids is 1. The van der Waals surface area contributed by atoms with Crippen LogP contribution in [0.4, 0.5) is 0 Å². The molecule has 0 aliphatic rings. The molecule has 2 aromatic heterocycles. The van der Waals surface area contributed by atoms with Crippen molar-refractivity contribution in [3.8, 4) is 5.88 Å².